The van der Waals surface area contributed by atoms with Gasteiger partial charge in [0.25, 0.3) is 0 Å². The smallest absolute Gasteiger partial charge is 0.0458 e. The van der Waals surface area contributed by atoms with Gasteiger partial charge in [-0.05, 0) is 30.0 Å². The summed E-state index contributed by atoms with van der Waals surface area (Å²) in [6.45, 7) is 2.14. The number of para-hydroxylation sites is 1. The number of allylic oxidation sites excluding steroid dienone is 1. The summed E-state index contributed by atoms with van der Waals surface area (Å²) in [5, 5.41) is 1.28. The van der Waals surface area contributed by atoms with Crippen molar-refractivity contribution in [1.82, 2.24) is 4.98 Å². The van der Waals surface area contributed by atoms with Crippen LogP contribution in [0.5, 0.6) is 0 Å². The third kappa shape index (κ3) is 1.64. The minimum atomic E-state index is 1.08. The maximum absolute atomic E-state index is 3.34. The standard InChI is InChI=1S/C12H13N/c1-2-3-7-11-9-10-6-4-5-8-12(10)13-11/h3-9,13H,2H2,1H3/b7-3+. The van der Waals surface area contributed by atoms with E-state index in [-0.39, 0.29) is 0 Å². The number of aromatic nitrogens is 1. The summed E-state index contributed by atoms with van der Waals surface area (Å²) in [4.78, 5) is 3.34. The van der Waals surface area contributed by atoms with E-state index < -0.39 is 0 Å². The lowest BCUT2D eigenvalue weighted by Gasteiger charge is -1.84. The van der Waals surface area contributed by atoms with Gasteiger partial charge in [0.1, 0.15) is 0 Å². The molecule has 0 spiro atoms. The average molecular weight is 171 g/mol. The van der Waals surface area contributed by atoms with Gasteiger partial charge in [0.2, 0.25) is 0 Å². The number of nitrogens with one attached hydrogen (secondary N) is 1. The van der Waals surface area contributed by atoms with Gasteiger partial charge in [0.15, 0.2) is 0 Å². The van der Waals surface area contributed by atoms with Crippen LogP contribution >= 0.6 is 0 Å². The van der Waals surface area contributed by atoms with E-state index in [1.807, 2.05) is 6.07 Å². The molecule has 2 aromatic rings. The lowest BCUT2D eigenvalue weighted by atomic mass is 10.2. The maximum atomic E-state index is 3.34. The van der Waals surface area contributed by atoms with E-state index in [4.69, 9.17) is 0 Å². The lowest BCUT2D eigenvalue weighted by Crippen LogP contribution is -1.67. The largest absolute Gasteiger partial charge is 0.355 e. The molecular formula is C12H13N. The van der Waals surface area contributed by atoms with Crippen LogP contribution in [0.15, 0.2) is 36.4 Å². The van der Waals surface area contributed by atoms with Crippen molar-refractivity contribution in [3.05, 3.63) is 42.1 Å². The fourth-order valence-corrected chi connectivity index (χ4v) is 1.43. The van der Waals surface area contributed by atoms with Crippen molar-refractivity contribution in [2.24, 2.45) is 0 Å². The normalized spacial score (nSPS) is 11.5. The fraction of sp³-hybridized carbons (Fsp3) is 0.167. The van der Waals surface area contributed by atoms with E-state index in [1.165, 1.54) is 16.6 Å². The summed E-state index contributed by atoms with van der Waals surface area (Å²) in [6.07, 6.45) is 5.36. The zero-order valence-corrected chi connectivity index (χ0v) is 7.75. The summed E-state index contributed by atoms with van der Waals surface area (Å²) in [7, 11) is 0. The van der Waals surface area contributed by atoms with Crippen LogP contribution in [-0.4, -0.2) is 4.98 Å². The third-order valence-electron chi connectivity index (χ3n) is 2.08. The molecule has 0 unspecified atom stereocenters. The van der Waals surface area contributed by atoms with Gasteiger partial charge in [0.05, 0.1) is 0 Å². The zero-order chi connectivity index (χ0) is 9.10. The van der Waals surface area contributed by atoms with Gasteiger partial charge in [-0.25, -0.2) is 0 Å². The molecule has 0 aliphatic carbocycles. The topological polar surface area (TPSA) is 15.8 Å². The summed E-state index contributed by atoms with van der Waals surface area (Å²) in [6, 6.07) is 10.5. The average Bonchev–Trinajstić information content (AvgIpc) is 2.57. The minimum Gasteiger partial charge on any atom is -0.355 e. The van der Waals surface area contributed by atoms with Crippen LogP contribution in [0, 0.1) is 0 Å². The first kappa shape index (κ1) is 8.11. The molecule has 0 amide bonds. The number of fused-ring (bicyclic) bond motifs is 1. The molecule has 13 heavy (non-hydrogen) atoms. The van der Waals surface area contributed by atoms with Crippen LogP contribution in [-0.2, 0) is 0 Å². The van der Waals surface area contributed by atoms with E-state index in [0.717, 1.165) is 6.42 Å². The maximum Gasteiger partial charge on any atom is 0.0458 e. The van der Waals surface area contributed by atoms with Crippen LogP contribution in [0.1, 0.15) is 19.0 Å². The summed E-state index contributed by atoms with van der Waals surface area (Å²) in [5.41, 5.74) is 2.39. The van der Waals surface area contributed by atoms with Gasteiger partial charge in [-0.1, -0.05) is 31.2 Å². The third-order valence-corrected chi connectivity index (χ3v) is 2.08. The van der Waals surface area contributed by atoms with Crippen molar-refractivity contribution in [2.75, 3.05) is 0 Å². The molecule has 0 radical (unpaired) electrons. The molecule has 0 saturated carbocycles. The first-order valence-corrected chi connectivity index (χ1v) is 4.64. The molecule has 0 fully saturated rings. The van der Waals surface area contributed by atoms with E-state index in [2.05, 4.69) is 48.3 Å². The Morgan fingerprint density at radius 1 is 1.31 bits per heavy atom. The number of hydrogen-bond donors (Lipinski definition) is 1. The molecule has 2 rings (SSSR count). The molecule has 0 saturated heterocycles. The quantitative estimate of drug-likeness (QED) is 0.710. The van der Waals surface area contributed by atoms with E-state index in [1.54, 1.807) is 0 Å². The summed E-state index contributed by atoms with van der Waals surface area (Å²) < 4.78 is 0. The van der Waals surface area contributed by atoms with Gasteiger partial charge in [-0.2, -0.15) is 0 Å². The van der Waals surface area contributed by atoms with Crippen molar-refractivity contribution in [3.63, 3.8) is 0 Å². The van der Waals surface area contributed by atoms with Crippen molar-refractivity contribution in [2.45, 2.75) is 13.3 Å². The fourth-order valence-electron chi connectivity index (χ4n) is 1.43. The Hall–Kier alpha value is -1.50. The number of hydrogen-bond acceptors (Lipinski definition) is 0. The highest BCUT2D eigenvalue weighted by Gasteiger charge is 1.94. The van der Waals surface area contributed by atoms with Gasteiger partial charge < -0.3 is 4.98 Å². The molecule has 1 nitrogen and oxygen atoms in total. The van der Waals surface area contributed by atoms with Crippen LogP contribution < -0.4 is 0 Å². The number of benzene rings is 1. The monoisotopic (exact) mass is 171 g/mol. The van der Waals surface area contributed by atoms with Crippen LogP contribution in [0.4, 0.5) is 0 Å². The van der Waals surface area contributed by atoms with Crippen molar-refractivity contribution in [3.8, 4) is 0 Å². The molecule has 1 aromatic heterocycles. The number of rotatable bonds is 2. The Balaban J connectivity index is 2.44. The Bertz CT molecular complexity index is 390. The molecule has 1 heterocycles. The highest BCUT2D eigenvalue weighted by molar-refractivity contribution is 5.82. The van der Waals surface area contributed by atoms with Crippen molar-refractivity contribution >= 4 is 17.0 Å². The second-order valence-corrected chi connectivity index (χ2v) is 3.12. The van der Waals surface area contributed by atoms with Gasteiger partial charge >= 0.3 is 0 Å². The highest BCUT2D eigenvalue weighted by Crippen LogP contribution is 2.15. The molecule has 0 atom stereocenters. The summed E-state index contributed by atoms with van der Waals surface area (Å²) in [5.74, 6) is 0. The van der Waals surface area contributed by atoms with Gasteiger partial charge in [-0.3, -0.25) is 0 Å². The van der Waals surface area contributed by atoms with Gasteiger partial charge in [-0.15, -0.1) is 0 Å². The molecule has 66 valence electrons. The Morgan fingerprint density at radius 3 is 2.92 bits per heavy atom. The van der Waals surface area contributed by atoms with Crippen molar-refractivity contribution in [1.29, 1.82) is 0 Å². The number of aromatic amines is 1. The second kappa shape index (κ2) is 3.48. The molecule has 0 aliphatic heterocycles. The molecule has 0 aliphatic rings. The highest BCUT2D eigenvalue weighted by atomic mass is 14.7. The Labute approximate surface area is 78.1 Å². The van der Waals surface area contributed by atoms with E-state index in [0.29, 0.717) is 0 Å². The first-order chi connectivity index (χ1) is 6.40. The van der Waals surface area contributed by atoms with E-state index in [9.17, 15) is 0 Å². The Kier molecular flexibility index (Phi) is 2.17. The zero-order valence-electron chi connectivity index (χ0n) is 7.75. The Morgan fingerprint density at radius 2 is 2.15 bits per heavy atom. The molecule has 1 N–H and O–H groups in total. The first-order valence-electron chi connectivity index (χ1n) is 4.64. The van der Waals surface area contributed by atoms with E-state index >= 15 is 0 Å². The predicted octanol–water partition coefficient (Wildman–Crippen LogP) is 3.59. The van der Waals surface area contributed by atoms with Crippen LogP contribution in [0.3, 0.4) is 0 Å². The second-order valence-electron chi connectivity index (χ2n) is 3.12. The minimum absolute atomic E-state index is 1.08. The number of H-pyrrole nitrogens is 1. The summed E-state index contributed by atoms with van der Waals surface area (Å²) >= 11 is 0. The molecule has 1 aromatic carbocycles. The molecule has 0 bridgehead atoms. The predicted molar refractivity (Wildman–Crippen MR) is 57.6 cm³/mol. The molecular weight excluding hydrogens is 158 g/mol. The van der Waals surface area contributed by atoms with Crippen LogP contribution in [0.2, 0.25) is 0 Å². The lowest BCUT2D eigenvalue weighted by molar-refractivity contribution is 1.23. The van der Waals surface area contributed by atoms with Gasteiger partial charge in [0, 0.05) is 11.2 Å². The van der Waals surface area contributed by atoms with Crippen molar-refractivity contribution < 1.29 is 0 Å². The van der Waals surface area contributed by atoms with Crippen LogP contribution in [0.25, 0.3) is 17.0 Å². The SMILES string of the molecule is CC/C=C/c1cc2ccccc2[nH]1. The molecule has 1 heteroatoms.